The van der Waals surface area contributed by atoms with Gasteiger partial charge in [-0.15, -0.1) is 0 Å². The second-order valence-corrected chi connectivity index (χ2v) is 4.01. The van der Waals surface area contributed by atoms with Gasteiger partial charge >= 0.3 is 0 Å². The Kier molecular flexibility index (Phi) is 2.50. The highest BCUT2D eigenvalue weighted by atomic mass is 16.5. The van der Waals surface area contributed by atoms with Crippen LogP contribution in [0.4, 0.5) is 5.82 Å². The Morgan fingerprint density at radius 2 is 2.21 bits per heavy atom. The molecule has 1 aliphatic rings. The second kappa shape index (κ2) is 4.07. The zero-order valence-electron chi connectivity index (χ0n) is 9.50. The predicted molar refractivity (Wildman–Crippen MR) is 60.7 cm³/mol. The highest BCUT2D eigenvalue weighted by molar-refractivity contribution is 6.00. The molecule has 3 unspecified atom stereocenters. The molecule has 0 aliphatic carbocycles. The average Bonchev–Trinajstić information content (AvgIpc) is 2.94. The lowest BCUT2D eigenvalue weighted by molar-refractivity contribution is -0.131. The number of carbonyl (C=O) groups is 2. The number of ether oxygens (including phenoxy) is 1. The summed E-state index contributed by atoms with van der Waals surface area (Å²) in [5.41, 5.74) is 6.28. The number of fused-ring (bicyclic) bond motifs is 1. The fraction of sp³-hybridized carbons (Fsp3) is 0.300. The molecule has 3 heterocycles. The number of nitrogens with two attached hydrogens (primary N) is 1. The molecular formula is C10H9N5O4. The first kappa shape index (κ1) is 11.7. The van der Waals surface area contributed by atoms with Crippen molar-refractivity contribution >= 4 is 29.1 Å². The summed E-state index contributed by atoms with van der Waals surface area (Å²) in [7, 11) is 0. The third kappa shape index (κ3) is 1.59. The first-order valence-corrected chi connectivity index (χ1v) is 5.39. The molecule has 0 aromatic carbocycles. The number of aliphatic hydroxyl groups excluding tert-OH is 1. The molecule has 0 radical (unpaired) electrons. The van der Waals surface area contributed by atoms with Crippen LogP contribution in [0.2, 0.25) is 0 Å². The quantitative estimate of drug-likeness (QED) is 0.490. The molecule has 1 aliphatic heterocycles. The van der Waals surface area contributed by atoms with Crippen molar-refractivity contribution in [2.24, 2.45) is 0 Å². The van der Waals surface area contributed by atoms with E-state index in [1.807, 2.05) is 0 Å². The Labute approximate surface area is 106 Å². The molecule has 1 saturated heterocycles. The molecule has 0 saturated carbocycles. The third-order valence-corrected chi connectivity index (χ3v) is 2.91. The molecule has 98 valence electrons. The molecule has 1 fully saturated rings. The molecule has 2 aromatic heterocycles. The summed E-state index contributed by atoms with van der Waals surface area (Å²) in [6.45, 7) is 0. The Morgan fingerprint density at radius 1 is 1.42 bits per heavy atom. The summed E-state index contributed by atoms with van der Waals surface area (Å²) in [6.07, 6.45) is -0.892. The molecule has 3 N–H and O–H groups in total. The SMILES string of the molecule is Nc1ncnc2c1ncn2C1OC(C=O)C(=O)C1O. The molecule has 0 spiro atoms. The third-order valence-electron chi connectivity index (χ3n) is 2.91. The van der Waals surface area contributed by atoms with Gasteiger partial charge in [0.2, 0.25) is 5.78 Å². The lowest BCUT2D eigenvalue weighted by atomic mass is 10.2. The topological polar surface area (TPSA) is 133 Å². The molecule has 3 rings (SSSR count). The van der Waals surface area contributed by atoms with Gasteiger partial charge in [-0.1, -0.05) is 0 Å². The first-order valence-electron chi connectivity index (χ1n) is 5.39. The van der Waals surface area contributed by atoms with Crippen molar-refractivity contribution in [3.8, 4) is 0 Å². The van der Waals surface area contributed by atoms with E-state index in [9.17, 15) is 14.7 Å². The van der Waals surface area contributed by atoms with Gasteiger partial charge in [0.15, 0.2) is 36.2 Å². The number of carbonyl (C=O) groups excluding carboxylic acids is 2. The first-order chi connectivity index (χ1) is 9.13. The van der Waals surface area contributed by atoms with Crippen LogP contribution in [0.1, 0.15) is 6.23 Å². The summed E-state index contributed by atoms with van der Waals surface area (Å²) >= 11 is 0. The maximum atomic E-state index is 11.5. The monoisotopic (exact) mass is 263 g/mol. The molecule has 2 aromatic rings. The smallest absolute Gasteiger partial charge is 0.201 e. The molecule has 0 amide bonds. The fourth-order valence-electron chi connectivity index (χ4n) is 1.97. The van der Waals surface area contributed by atoms with Crippen LogP contribution in [0.15, 0.2) is 12.7 Å². The van der Waals surface area contributed by atoms with Gasteiger partial charge in [0, 0.05) is 0 Å². The van der Waals surface area contributed by atoms with Crippen LogP contribution in [0.5, 0.6) is 0 Å². The van der Waals surface area contributed by atoms with Gasteiger partial charge in [-0.25, -0.2) is 15.0 Å². The summed E-state index contributed by atoms with van der Waals surface area (Å²) in [5, 5.41) is 9.80. The highest BCUT2D eigenvalue weighted by Crippen LogP contribution is 2.28. The largest absolute Gasteiger partial charge is 0.382 e. The number of rotatable bonds is 2. The summed E-state index contributed by atoms with van der Waals surface area (Å²) in [5.74, 6) is -0.515. The van der Waals surface area contributed by atoms with Crippen LogP contribution >= 0.6 is 0 Å². The van der Waals surface area contributed by atoms with E-state index >= 15 is 0 Å². The number of anilines is 1. The van der Waals surface area contributed by atoms with Gasteiger partial charge in [-0.3, -0.25) is 14.2 Å². The number of hydrogen-bond acceptors (Lipinski definition) is 8. The number of ketones is 1. The van der Waals surface area contributed by atoms with Crippen molar-refractivity contribution in [3.63, 3.8) is 0 Å². The van der Waals surface area contributed by atoms with Crippen molar-refractivity contribution in [3.05, 3.63) is 12.7 Å². The number of imidazole rings is 1. The van der Waals surface area contributed by atoms with Crippen molar-refractivity contribution in [2.75, 3.05) is 5.73 Å². The van der Waals surface area contributed by atoms with Crippen molar-refractivity contribution in [1.29, 1.82) is 0 Å². The summed E-state index contributed by atoms with van der Waals surface area (Å²) in [4.78, 5) is 34.0. The van der Waals surface area contributed by atoms with E-state index < -0.39 is 24.2 Å². The zero-order chi connectivity index (χ0) is 13.6. The van der Waals surface area contributed by atoms with Crippen LogP contribution in [-0.4, -0.2) is 48.9 Å². The number of aliphatic hydroxyl groups is 1. The van der Waals surface area contributed by atoms with E-state index in [0.29, 0.717) is 17.5 Å². The van der Waals surface area contributed by atoms with E-state index in [4.69, 9.17) is 10.5 Å². The van der Waals surface area contributed by atoms with Crippen molar-refractivity contribution in [2.45, 2.75) is 18.4 Å². The van der Waals surface area contributed by atoms with Gasteiger partial charge in [0.25, 0.3) is 0 Å². The highest BCUT2D eigenvalue weighted by Gasteiger charge is 2.44. The average molecular weight is 263 g/mol. The number of Topliss-reactive ketones (excluding diaryl/α,β-unsaturated/α-hetero) is 1. The van der Waals surface area contributed by atoms with Gasteiger partial charge in [-0.05, 0) is 0 Å². The van der Waals surface area contributed by atoms with Crippen molar-refractivity contribution < 1.29 is 19.4 Å². The standard InChI is InChI=1S/C10H9N5O4/c11-8-5-9(13-2-12-8)15(3-14-5)10-7(18)6(17)4(1-16)19-10/h1-4,7,10,18H,(H2,11,12,13). The molecular weight excluding hydrogens is 254 g/mol. The van der Waals surface area contributed by atoms with Gasteiger partial charge in [-0.2, -0.15) is 0 Å². The van der Waals surface area contributed by atoms with Crippen molar-refractivity contribution in [1.82, 2.24) is 19.5 Å². The van der Waals surface area contributed by atoms with E-state index in [0.717, 1.165) is 0 Å². The number of hydrogen-bond donors (Lipinski definition) is 2. The minimum absolute atomic E-state index is 0.175. The van der Waals surface area contributed by atoms with E-state index in [2.05, 4.69) is 15.0 Å². The van der Waals surface area contributed by atoms with E-state index in [1.54, 1.807) is 0 Å². The maximum absolute atomic E-state index is 11.5. The Hall–Kier alpha value is -2.39. The number of aromatic nitrogens is 4. The van der Waals surface area contributed by atoms with Crippen LogP contribution < -0.4 is 5.73 Å². The molecule has 0 bridgehead atoms. The predicted octanol–water partition coefficient (Wildman–Crippen LogP) is -1.57. The summed E-state index contributed by atoms with van der Waals surface area (Å²) < 4.78 is 6.53. The van der Waals surface area contributed by atoms with Gasteiger partial charge in [0.05, 0.1) is 6.33 Å². The molecule has 9 nitrogen and oxygen atoms in total. The lowest BCUT2D eigenvalue weighted by Gasteiger charge is -2.14. The molecule has 3 atom stereocenters. The number of aldehydes is 1. The van der Waals surface area contributed by atoms with E-state index in [1.165, 1.54) is 17.2 Å². The van der Waals surface area contributed by atoms with Crippen LogP contribution in [0.3, 0.4) is 0 Å². The zero-order valence-corrected chi connectivity index (χ0v) is 9.50. The minimum Gasteiger partial charge on any atom is -0.382 e. The number of nitrogen functional groups attached to an aromatic ring is 1. The van der Waals surface area contributed by atoms with E-state index in [-0.39, 0.29) is 5.82 Å². The Balaban J connectivity index is 2.08. The normalized spacial score (nSPS) is 27.0. The molecule has 19 heavy (non-hydrogen) atoms. The number of nitrogens with zero attached hydrogens (tertiary/aromatic N) is 4. The Bertz CT molecular complexity index is 669. The minimum atomic E-state index is -1.45. The second-order valence-electron chi connectivity index (χ2n) is 4.01. The molecule has 9 heteroatoms. The Morgan fingerprint density at radius 3 is 2.89 bits per heavy atom. The lowest BCUT2D eigenvalue weighted by Crippen LogP contribution is -2.26. The maximum Gasteiger partial charge on any atom is 0.201 e. The van der Waals surface area contributed by atoms with Crippen LogP contribution in [0.25, 0.3) is 11.2 Å². The summed E-state index contributed by atoms with van der Waals surface area (Å²) in [6, 6.07) is 0. The van der Waals surface area contributed by atoms with Crippen LogP contribution in [0, 0.1) is 0 Å². The van der Waals surface area contributed by atoms with Gasteiger partial charge < -0.3 is 15.6 Å². The van der Waals surface area contributed by atoms with Gasteiger partial charge in [0.1, 0.15) is 11.8 Å². The fourth-order valence-corrected chi connectivity index (χ4v) is 1.97. The van der Waals surface area contributed by atoms with Crippen LogP contribution in [-0.2, 0) is 14.3 Å².